The third kappa shape index (κ3) is 6.33. The summed E-state index contributed by atoms with van der Waals surface area (Å²) in [5.74, 6) is -1.59. The SMILES string of the molecule is Cc1cc(C2(c3cc(C)c(N)c(C)c3)c3cc(C(=O)Oc4ccc(OC=O)cc4)ccc3-c3ccc(C(=O)Oc4ccc(C(=O)O)cc4)cc32)cc(C)c1N. The Kier molecular flexibility index (Phi) is 9.19. The van der Waals surface area contributed by atoms with Crippen LogP contribution in [0.1, 0.15) is 75.6 Å². The first kappa shape index (κ1) is 36.2. The fourth-order valence-corrected chi connectivity index (χ4v) is 7.39. The summed E-state index contributed by atoms with van der Waals surface area (Å²) >= 11 is 0. The van der Waals surface area contributed by atoms with E-state index in [0.29, 0.717) is 23.6 Å². The molecule has 5 N–H and O–H groups in total. The molecule has 7 rings (SSSR count). The topological polar surface area (TPSA) is 168 Å². The van der Waals surface area contributed by atoms with Crippen molar-refractivity contribution in [3.63, 3.8) is 0 Å². The Labute approximate surface area is 316 Å². The fraction of sp³-hybridized carbons (Fsp3) is 0.111. The average Bonchev–Trinajstić information content (AvgIpc) is 3.46. The standard InChI is InChI=1S/C45H36N2O8/c1-24-17-31(18-25(2)40(24)46)45(32-19-26(3)41(47)27(4)20-32)38-21-29(43(51)54-34-9-5-28(6-10-34)42(49)50)7-15-36(38)37-16-8-30(22-39(37)45)44(52)55-35-13-11-33(12-14-35)53-23-48/h5-23H,46-47H2,1-4H3,(H,49,50). The van der Waals surface area contributed by atoms with Crippen LogP contribution in [0.3, 0.4) is 0 Å². The Bertz CT molecular complexity index is 2450. The second kappa shape index (κ2) is 14.0. The number of aromatic carboxylic acids is 1. The lowest BCUT2D eigenvalue weighted by atomic mass is 9.66. The van der Waals surface area contributed by atoms with Gasteiger partial charge in [-0.15, -0.1) is 0 Å². The Morgan fingerprint density at radius 3 is 1.29 bits per heavy atom. The lowest BCUT2D eigenvalue weighted by Gasteiger charge is -2.35. The van der Waals surface area contributed by atoms with E-state index in [2.05, 4.69) is 0 Å². The van der Waals surface area contributed by atoms with E-state index in [4.69, 9.17) is 25.7 Å². The number of carboxylic acids is 1. The molecule has 0 aromatic heterocycles. The van der Waals surface area contributed by atoms with Gasteiger partial charge in [0.15, 0.2) is 0 Å². The molecule has 55 heavy (non-hydrogen) atoms. The van der Waals surface area contributed by atoms with Crippen molar-refractivity contribution in [3.05, 3.63) is 170 Å². The number of fused-ring (bicyclic) bond motifs is 3. The van der Waals surface area contributed by atoms with Crippen LogP contribution in [0.5, 0.6) is 17.2 Å². The van der Waals surface area contributed by atoms with Crippen LogP contribution >= 0.6 is 0 Å². The predicted octanol–water partition coefficient (Wildman–Crippen LogP) is 8.12. The average molecular weight is 733 g/mol. The van der Waals surface area contributed by atoms with Crippen LogP contribution in [0, 0.1) is 27.7 Å². The van der Waals surface area contributed by atoms with Crippen molar-refractivity contribution in [2.45, 2.75) is 33.1 Å². The van der Waals surface area contributed by atoms with Crippen molar-refractivity contribution in [2.24, 2.45) is 0 Å². The molecule has 0 saturated carbocycles. The summed E-state index contributed by atoms with van der Waals surface area (Å²) in [5, 5.41) is 9.31. The predicted molar refractivity (Wildman–Crippen MR) is 208 cm³/mol. The van der Waals surface area contributed by atoms with Gasteiger partial charge in [0.2, 0.25) is 0 Å². The molecule has 274 valence electrons. The van der Waals surface area contributed by atoms with Crippen LogP contribution in [0.2, 0.25) is 0 Å². The van der Waals surface area contributed by atoms with Gasteiger partial charge in [0.05, 0.1) is 22.1 Å². The van der Waals surface area contributed by atoms with Crippen molar-refractivity contribution in [2.75, 3.05) is 11.5 Å². The molecular formula is C45H36N2O8. The number of hydrogen-bond acceptors (Lipinski definition) is 9. The van der Waals surface area contributed by atoms with Crippen molar-refractivity contribution >= 4 is 35.8 Å². The summed E-state index contributed by atoms with van der Waals surface area (Å²) in [5.41, 5.74) is 22.2. The number of hydrogen-bond donors (Lipinski definition) is 3. The Balaban J connectivity index is 1.44. The molecule has 1 aliphatic rings. The van der Waals surface area contributed by atoms with E-state index in [-0.39, 0.29) is 28.2 Å². The molecule has 0 amide bonds. The number of carbonyl (C=O) groups excluding carboxylic acids is 3. The molecular weight excluding hydrogens is 697 g/mol. The molecule has 0 aliphatic heterocycles. The number of benzene rings is 6. The zero-order valence-corrected chi connectivity index (χ0v) is 30.4. The normalized spacial score (nSPS) is 12.3. The van der Waals surface area contributed by atoms with Crippen LogP contribution in [0.15, 0.2) is 109 Å². The Morgan fingerprint density at radius 1 is 0.545 bits per heavy atom. The summed E-state index contributed by atoms with van der Waals surface area (Å²) in [6.07, 6.45) is 0. The Hall–Kier alpha value is -7.20. The number of nitrogen functional groups attached to an aromatic ring is 2. The summed E-state index contributed by atoms with van der Waals surface area (Å²) in [6, 6.07) is 30.6. The van der Waals surface area contributed by atoms with Crippen LogP contribution in [-0.4, -0.2) is 29.5 Å². The molecule has 0 bridgehead atoms. The van der Waals surface area contributed by atoms with E-state index in [1.165, 1.54) is 48.5 Å². The molecule has 0 radical (unpaired) electrons. The highest BCUT2D eigenvalue weighted by Gasteiger charge is 2.47. The number of carboxylic acid groups (broad SMARTS) is 1. The molecule has 0 atom stereocenters. The maximum absolute atomic E-state index is 13.8. The summed E-state index contributed by atoms with van der Waals surface area (Å²) in [7, 11) is 0. The second-order valence-corrected chi connectivity index (χ2v) is 13.6. The number of ether oxygens (including phenoxy) is 3. The first-order chi connectivity index (χ1) is 26.3. The monoisotopic (exact) mass is 732 g/mol. The van der Waals surface area contributed by atoms with Crippen LogP contribution in [0.25, 0.3) is 11.1 Å². The highest BCUT2D eigenvalue weighted by molar-refractivity contribution is 5.98. The fourth-order valence-electron chi connectivity index (χ4n) is 7.39. The number of nitrogens with two attached hydrogens (primary N) is 2. The van der Waals surface area contributed by atoms with Gasteiger partial charge in [-0.3, -0.25) is 4.79 Å². The van der Waals surface area contributed by atoms with Crippen molar-refractivity contribution in [3.8, 4) is 28.4 Å². The van der Waals surface area contributed by atoms with Gasteiger partial charge in [-0.05, 0) is 156 Å². The van der Waals surface area contributed by atoms with Gasteiger partial charge in [-0.1, -0.05) is 36.4 Å². The highest BCUT2D eigenvalue weighted by Crippen LogP contribution is 2.57. The first-order valence-electron chi connectivity index (χ1n) is 17.3. The van der Waals surface area contributed by atoms with E-state index in [1.54, 1.807) is 12.1 Å². The number of rotatable bonds is 9. The molecule has 6 aromatic rings. The van der Waals surface area contributed by atoms with Gasteiger partial charge >= 0.3 is 17.9 Å². The van der Waals surface area contributed by atoms with Crippen LogP contribution in [-0.2, 0) is 10.2 Å². The molecule has 0 spiro atoms. The van der Waals surface area contributed by atoms with Gasteiger partial charge in [-0.2, -0.15) is 0 Å². The first-order valence-corrected chi connectivity index (χ1v) is 17.3. The highest BCUT2D eigenvalue weighted by atomic mass is 16.5. The molecule has 10 heteroatoms. The molecule has 0 unspecified atom stereocenters. The maximum atomic E-state index is 13.8. The number of esters is 2. The molecule has 0 saturated heterocycles. The largest absolute Gasteiger partial charge is 0.478 e. The van der Waals surface area contributed by atoms with E-state index < -0.39 is 23.3 Å². The van der Waals surface area contributed by atoms with Crippen LogP contribution in [0.4, 0.5) is 11.4 Å². The van der Waals surface area contributed by atoms with Crippen molar-refractivity contribution < 1.29 is 38.5 Å². The third-order valence-corrected chi connectivity index (χ3v) is 10.2. The van der Waals surface area contributed by atoms with Gasteiger partial charge in [-0.25, -0.2) is 14.4 Å². The second-order valence-electron chi connectivity index (χ2n) is 13.6. The van der Waals surface area contributed by atoms with Gasteiger partial charge in [0, 0.05) is 11.4 Å². The third-order valence-electron chi connectivity index (χ3n) is 10.2. The minimum absolute atomic E-state index is 0.0633. The van der Waals surface area contributed by atoms with E-state index >= 15 is 0 Å². The van der Waals surface area contributed by atoms with Gasteiger partial charge < -0.3 is 30.8 Å². The lowest BCUT2D eigenvalue weighted by molar-refractivity contribution is -0.120. The van der Waals surface area contributed by atoms with Crippen LogP contribution < -0.4 is 25.7 Å². The smallest absolute Gasteiger partial charge is 0.343 e. The minimum Gasteiger partial charge on any atom is -0.478 e. The molecule has 6 aromatic carbocycles. The van der Waals surface area contributed by atoms with Gasteiger partial charge in [0.25, 0.3) is 6.47 Å². The molecule has 1 aliphatic carbocycles. The zero-order chi connectivity index (χ0) is 39.2. The number of carbonyl (C=O) groups is 4. The summed E-state index contributed by atoms with van der Waals surface area (Å²) in [6.45, 7) is 8.09. The summed E-state index contributed by atoms with van der Waals surface area (Å²) < 4.78 is 16.4. The molecule has 10 nitrogen and oxygen atoms in total. The lowest BCUT2D eigenvalue weighted by Crippen LogP contribution is -2.30. The van der Waals surface area contributed by atoms with E-state index in [9.17, 15) is 24.3 Å². The van der Waals surface area contributed by atoms with E-state index in [0.717, 1.165) is 55.6 Å². The van der Waals surface area contributed by atoms with Crippen molar-refractivity contribution in [1.82, 2.24) is 0 Å². The molecule has 0 fully saturated rings. The van der Waals surface area contributed by atoms with Gasteiger partial charge in [0.1, 0.15) is 17.2 Å². The molecule has 0 heterocycles. The minimum atomic E-state index is -1.10. The zero-order valence-electron chi connectivity index (χ0n) is 30.4. The Morgan fingerprint density at radius 2 is 0.909 bits per heavy atom. The maximum Gasteiger partial charge on any atom is 0.343 e. The number of aryl methyl sites for hydroxylation is 4. The van der Waals surface area contributed by atoms with Crippen molar-refractivity contribution in [1.29, 1.82) is 0 Å². The summed E-state index contributed by atoms with van der Waals surface area (Å²) in [4.78, 5) is 49.8. The quantitative estimate of drug-likeness (QED) is 0.0571. The van der Waals surface area contributed by atoms with E-state index in [1.807, 2.05) is 76.2 Å². The number of anilines is 2.